The van der Waals surface area contributed by atoms with Crippen molar-refractivity contribution in [1.29, 1.82) is 0 Å². The molecule has 1 aromatic heterocycles. The van der Waals surface area contributed by atoms with Crippen LogP contribution in [0, 0.1) is 0 Å². The third kappa shape index (κ3) is 2.24. The predicted molar refractivity (Wildman–Crippen MR) is 63.8 cm³/mol. The first-order valence-electron chi connectivity index (χ1n) is 4.91. The molecule has 1 saturated heterocycles. The van der Waals surface area contributed by atoms with Crippen molar-refractivity contribution in [3.8, 4) is 0 Å². The number of rotatable bonds is 2. The van der Waals surface area contributed by atoms with Gasteiger partial charge < -0.3 is 10.4 Å². The van der Waals surface area contributed by atoms with Crippen LogP contribution < -0.4 is 5.32 Å². The molecule has 0 atom stereocenters. The third-order valence-corrected chi connectivity index (χ3v) is 4.51. The fourth-order valence-electron chi connectivity index (χ4n) is 1.99. The van der Waals surface area contributed by atoms with Crippen LogP contribution in [0.25, 0.3) is 0 Å². The van der Waals surface area contributed by atoms with Crippen molar-refractivity contribution in [1.82, 2.24) is 5.32 Å². The second kappa shape index (κ2) is 4.63. The molecule has 0 aromatic carbocycles. The Bertz CT molecular complexity index is 371. The van der Waals surface area contributed by atoms with Crippen molar-refractivity contribution >= 4 is 33.2 Å². The van der Waals surface area contributed by atoms with Gasteiger partial charge in [-0.1, -0.05) is 0 Å². The lowest BCUT2D eigenvalue weighted by atomic mass is 9.90. The van der Waals surface area contributed by atoms with E-state index >= 15 is 0 Å². The van der Waals surface area contributed by atoms with Gasteiger partial charge in [-0.3, -0.25) is 0 Å². The average Bonchev–Trinajstić information content (AvgIpc) is 2.61. The molecule has 0 saturated carbocycles. The Morgan fingerprint density at radius 1 is 1.53 bits per heavy atom. The number of carboxylic acids is 1. The fourth-order valence-corrected chi connectivity index (χ4v) is 3.53. The minimum Gasteiger partial charge on any atom is -0.478 e. The summed E-state index contributed by atoms with van der Waals surface area (Å²) in [5.41, 5.74) is 1.47. The first kappa shape index (κ1) is 11.1. The summed E-state index contributed by atoms with van der Waals surface area (Å²) in [6.07, 6.45) is 2.06. The Morgan fingerprint density at radius 2 is 2.20 bits per heavy atom. The standard InChI is InChI=1S/C10H12BrNO2S/c11-9-8(10(13)14)7(5-15-9)6-1-3-12-4-2-6/h5-6,12H,1-4H2,(H,13,14). The molecule has 1 fully saturated rings. The Labute approximate surface area is 101 Å². The normalized spacial score (nSPS) is 17.9. The monoisotopic (exact) mass is 289 g/mol. The number of aromatic carboxylic acids is 1. The van der Waals surface area contributed by atoms with E-state index < -0.39 is 5.97 Å². The van der Waals surface area contributed by atoms with E-state index in [2.05, 4.69) is 21.2 Å². The molecule has 0 unspecified atom stereocenters. The number of thiophene rings is 1. The number of halogens is 1. The van der Waals surface area contributed by atoms with Crippen LogP contribution in [0.2, 0.25) is 0 Å². The first-order chi connectivity index (χ1) is 7.20. The number of carboxylic acid groups (broad SMARTS) is 1. The molecule has 0 bridgehead atoms. The summed E-state index contributed by atoms with van der Waals surface area (Å²) in [4.78, 5) is 11.1. The maximum atomic E-state index is 11.1. The lowest BCUT2D eigenvalue weighted by molar-refractivity contribution is 0.0694. The molecule has 82 valence electrons. The smallest absolute Gasteiger partial charge is 0.338 e. The zero-order chi connectivity index (χ0) is 10.8. The molecular weight excluding hydrogens is 278 g/mol. The van der Waals surface area contributed by atoms with Crippen LogP contribution in [0.5, 0.6) is 0 Å². The minimum absolute atomic E-state index is 0.403. The number of hydrogen-bond donors (Lipinski definition) is 2. The van der Waals surface area contributed by atoms with E-state index in [0.717, 1.165) is 35.3 Å². The van der Waals surface area contributed by atoms with Gasteiger partial charge in [-0.15, -0.1) is 11.3 Å². The summed E-state index contributed by atoms with van der Waals surface area (Å²) < 4.78 is 0.739. The van der Waals surface area contributed by atoms with Crippen molar-refractivity contribution < 1.29 is 9.90 Å². The lowest BCUT2D eigenvalue weighted by Crippen LogP contribution is -2.27. The van der Waals surface area contributed by atoms with Gasteiger partial charge in [0.25, 0.3) is 0 Å². The van der Waals surface area contributed by atoms with Gasteiger partial charge in [0.2, 0.25) is 0 Å². The molecule has 1 aromatic rings. The summed E-state index contributed by atoms with van der Waals surface area (Å²) in [6.45, 7) is 1.97. The van der Waals surface area contributed by atoms with Gasteiger partial charge in [-0.25, -0.2) is 4.79 Å². The molecular formula is C10H12BrNO2S. The van der Waals surface area contributed by atoms with Crippen LogP contribution in [0.15, 0.2) is 9.17 Å². The molecule has 1 aliphatic rings. The first-order valence-corrected chi connectivity index (χ1v) is 6.58. The highest BCUT2D eigenvalue weighted by molar-refractivity contribution is 9.11. The van der Waals surface area contributed by atoms with Crippen LogP contribution >= 0.6 is 27.3 Å². The molecule has 0 amide bonds. The zero-order valence-electron chi connectivity index (χ0n) is 8.12. The minimum atomic E-state index is -0.823. The summed E-state index contributed by atoms with van der Waals surface area (Å²) in [6, 6.07) is 0. The molecule has 0 radical (unpaired) electrons. The van der Waals surface area contributed by atoms with Gasteiger partial charge in [0.15, 0.2) is 0 Å². The molecule has 3 nitrogen and oxygen atoms in total. The fraction of sp³-hybridized carbons (Fsp3) is 0.500. The van der Waals surface area contributed by atoms with Gasteiger partial charge >= 0.3 is 5.97 Å². The van der Waals surface area contributed by atoms with E-state index in [-0.39, 0.29) is 0 Å². The van der Waals surface area contributed by atoms with Gasteiger partial charge in [-0.05, 0) is 58.7 Å². The molecule has 1 aliphatic heterocycles. The summed E-state index contributed by atoms with van der Waals surface area (Å²) in [7, 11) is 0. The molecule has 2 N–H and O–H groups in total. The maximum absolute atomic E-state index is 11.1. The van der Waals surface area contributed by atoms with Crippen molar-refractivity contribution in [2.75, 3.05) is 13.1 Å². The van der Waals surface area contributed by atoms with E-state index in [9.17, 15) is 4.79 Å². The largest absolute Gasteiger partial charge is 0.478 e. The lowest BCUT2D eigenvalue weighted by Gasteiger charge is -2.22. The molecule has 15 heavy (non-hydrogen) atoms. The molecule has 0 spiro atoms. The maximum Gasteiger partial charge on any atom is 0.338 e. The average molecular weight is 290 g/mol. The Kier molecular flexibility index (Phi) is 3.43. The van der Waals surface area contributed by atoms with Crippen LogP contribution in [0.4, 0.5) is 0 Å². The van der Waals surface area contributed by atoms with E-state index in [1.165, 1.54) is 11.3 Å². The van der Waals surface area contributed by atoms with Crippen LogP contribution in [0.3, 0.4) is 0 Å². The van der Waals surface area contributed by atoms with Crippen molar-refractivity contribution in [2.24, 2.45) is 0 Å². The number of hydrogen-bond acceptors (Lipinski definition) is 3. The zero-order valence-corrected chi connectivity index (χ0v) is 10.5. The topological polar surface area (TPSA) is 49.3 Å². The third-order valence-electron chi connectivity index (χ3n) is 2.77. The van der Waals surface area contributed by atoms with E-state index in [4.69, 9.17) is 5.11 Å². The molecule has 2 heterocycles. The highest BCUT2D eigenvalue weighted by Crippen LogP contribution is 2.36. The summed E-state index contributed by atoms with van der Waals surface area (Å²) in [5.74, 6) is -0.420. The van der Waals surface area contributed by atoms with Crippen LogP contribution in [-0.2, 0) is 0 Å². The highest BCUT2D eigenvalue weighted by atomic mass is 79.9. The summed E-state index contributed by atoms with van der Waals surface area (Å²) in [5, 5.41) is 14.4. The van der Waals surface area contributed by atoms with Crippen molar-refractivity contribution in [3.05, 3.63) is 20.3 Å². The van der Waals surface area contributed by atoms with E-state index in [1.54, 1.807) is 0 Å². The van der Waals surface area contributed by atoms with E-state index in [1.807, 2.05) is 5.38 Å². The van der Waals surface area contributed by atoms with Gasteiger partial charge in [0, 0.05) is 0 Å². The Balaban J connectivity index is 2.30. The quantitative estimate of drug-likeness (QED) is 0.880. The number of piperidine rings is 1. The Hall–Kier alpha value is -0.390. The highest BCUT2D eigenvalue weighted by Gasteiger charge is 2.24. The SMILES string of the molecule is O=C(O)c1c(C2CCNCC2)csc1Br. The number of carbonyl (C=O) groups is 1. The van der Waals surface area contributed by atoms with Gasteiger partial charge in [0.1, 0.15) is 0 Å². The summed E-state index contributed by atoms with van der Waals surface area (Å²) >= 11 is 4.77. The van der Waals surface area contributed by atoms with Crippen LogP contribution in [0.1, 0.15) is 34.7 Å². The van der Waals surface area contributed by atoms with Crippen molar-refractivity contribution in [3.63, 3.8) is 0 Å². The second-order valence-electron chi connectivity index (χ2n) is 3.67. The Morgan fingerprint density at radius 3 is 2.80 bits per heavy atom. The molecule has 2 rings (SSSR count). The molecule has 5 heteroatoms. The second-order valence-corrected chi connectivity index (χ2v) is 5.87. The number of nitrogens with one attached hydrogen (secondary N) is 1. The van der Waals surface area contributed by atoms with E-state index in [0.29, 0.717) is 11.5 Å². The van der Waals surface area contributed by atoms with Gasteiger partial charge in [-0.2, -0.15) is 0 Å². The predicted octanol–water partition coefficient (Wildman–Crippen LogP) is 2.68. The van der Waals surface area contributed by atoms with Crippen LogP contribution in [-0.4, -0.2) is 24.2 Å². The van der Waals surface area contributed by atoms with Gasteiger partial charge in [0.05, 0.1) is 9.35 Å². The molecule has 0 aliphatic carbocycles. The van der Waals surface area contributed by atoms with Crippen molar-refractivity contribution in [2.45, 2.75) is 18.8 Å².